The van der Waals surface area contributed by atoms with Gasteiger partial charge >= 0.3 is 5.97 Å². The van der Waals surface area contributed by atoms with Gasteiger partial charge in [-0.05, 0) is 25.2 Å². The molecule has 0 fully saturated rings. The third-order valence-corrected chi connectivity index (χ3v) is 4.46. The van der Waals surface area contributed by atoms with Crippen LogP contribution in [0.4, 0.5) is 0 Å². The SMILES string of the molecule is COC(=O)CCN(CCN(C)C)C(=O)C(c1ccccc1)c1ccccc1. The van der Waals surface area contributed by atoms with Crippen molar-refractivity contribution in [3.05, 3.63) is 71.8 Å². The Kier molecular flexibility index (Phi) is 8.01. The highest BCUT2D eigenvalue weighted by molar-refractivity contribution is 5.87. The molecule has 0 aliphatic heterocycles. The van der Waals surface area contributed by atoms with Crippen LogP contribution in [0.2, 0.25) is 0 Å². The largest absolute Gasteiger partial charge is 0.469 e. The molecule has 0 unspecified atom stereocenters. The molecule has 0 aliphatic rings. The zero-order chi connectivity index (χ0) is 19.6. The minimum Gasteiger partial charge on any atom is -0.469 e. The van der Waals surface area contributed by atoms with Crippen LogP contribution in [0.3, 0.4) is 0 Å². The highest BCUT2D eigenvalue weighted by atomic mass is 16.5. The summed E-state index contributed by atoms with van der Waals surface area (Å²) in [6, 6.07) is 19.5. The Morgan fingerprint density at radius 3 is 1.81 bits per heavy atom. The normalized spacial score (nSPS) is 10.9. The zero-order valence-electron chi connectivity index (χ0n) is 16.3. The van der Waals surface area contributed by atoms with E-state index in [1.165, 1.54) is 7.11 Å². The molecule has 144 valence electrons. The number of methoxy groups -OCH3 is 1. The van der Waals surface area contributed by atoms with Gasteiger partial charge in [-0.3, -0.25) is 9.59 Å². The Morgan fingerprint density at radius 2 is 1.37 bits per heavy atom. The van der Waals surface area contributed by atoms with Crippen LogP contribution in [0, 0.1) is 0 Å². The fourth-order valence-electron chi connectivity index (χ4n) is 2.93. The number of hydrogen-bond acceptors (Lipinski definition) is 4. The summed E-state index contributed by atoms with van der Waals surface area (Å²) in [5.41, 5.74) is 1.89. The third kappa shape index (κ3) is 6.22. The monoisotopic (exact) mass is 368 g/mol. The Balaban J connectivity index is 2.31. The second-order valence-electron chi connectivity index (χ2n) is 6.71. The maximum Gasteiger partial charge on any atom is 0.307 e. The number of rotatable bonds is 9. The van der Waals surface area contributed by atoms with E-state index in [-0.39, 0.29) is 18.3 Å². The number of carbonyl (C=O) groups is 2. The third-order valence-electron chi connectivity index (χ3n) is 4.46. The van der Waals surface area contributed by atoms with Crippen molar-refractivity contribution in [3.8, 4) is 0 Å². The molecule has 0 saturated carbocycles. The number of benzene rings is 2. The first-order valence-corrected chi connectivity index (χ1v) is 9.13. The van der Waals surface area contributed by atoms with Gasteiger partial charge in [0.2, 0.25) is 5.91 Å². The fraction of sp³-hybridized carbons (Fsp3) is 0.364. The molecule has 0 saturated heterocycles. The number of amides is 1. The molecule has 2 aromatic carbocycles. The molecule has 0 aliphatic carbocycles. The van der Waals surface area contributed by atoms with Crippen molar-refractivity contribution in [1.29, 1.82) is 0 Å². The predicted octanol–water partition coefficient (Wildman–Crippen LogP) is 2.77. The van der Waals surface area contributed by atoms with Gasteiger partial charge in [-0.2, -0.15) is 0 Å². The van der Waals surface area contributed by atoms with Gasteiger partial charge < -0.3 is 14.5 Å². The van der Waals surface area contributed by atoms with Crippen molar-refractivity contribution in [2.75, 3.05) is 40.8 Å². The molecule has 0 spiro atoms. The Bertz CT molecular complexity index is 677. The van der Waals surface area contributed by atoms with E-state index >= 15 is 0 Å². The molecule has 0 aromatic heterocycles. The summed E-state index contributed by atoms with van der Waals surface area (Å²) >= 11 is 0. The summed E-state index contributed by atoms with van der Waals surface area (Å²) in [6.45, 7) is 1.62. The molecule has 0 bridgehead atoms. The van der Waals surface area contributed by atoms with Crippen LogP contribution >= 0.6 is 0 Å². The van der Waals surface area contributed by atoms with Crippen LogP contribution in [0.15, 0.2) is 60.7 Å². The van der Waals surface area contributed by atoms with Gasteiger partial charge in [0.15, 0.2) is 0 Å². The fourth-order valence-corrected chi connectivity index (χ4v) is 2.93. The van der Waals surface area contributed by atoms with Gasteiger partial charge in [-0.15, -0.1) is 0 Å². The first-order chi connectivity index (χ1) is 13.0. The van der Waals surface area contributed by atoms with Gasteiger partial charge in [-0.25, -0.2) is 0 Å². The summed E-state index contributed by atoms with van der Waals surface area (Å²) in [7, 11) is 5.30. The molecule has 1 amide bonds. The number of carbonyl (C=O) groups excluding carboxylic acids is 2. The molecule has 0 N–H and O–H groups in total. The quantitative estimate of drug-likeness (QED) is 0.639. The molecule has 2 rings (SSSR count). The molecule has 5 heteroatoms. The average molecular weight is 368 g/mol. The predicted molar refractivity (Wildman–Crippen MR) is 106 cm³/mol. The summed E-state index contributed by atoms with van der Waals surface area (Å²) in [5, 5.41) is 0. The smallest absolute Gasteiger partial charge is 0.307 e. The van der Waals surface area contributed by atoms with E-state index in [9.17, 15) is 9.59 Å². The van der Waals surface area contributed by atoms with Crippen molar-refractivity contribution in [2.45, 2.75) is 12.3 Å². The maximum atomic E-state index is 13.5. The highest BCUT2D eigenvalue weighted by Crippen LogP contribution is 2.27. The second kappa shape index (κ2) is 10.5. The summed E-state index contributed by atoms with van der Waals surface area (Å²) < 4.78 is 4.75. The van der Waals surface area contributed by atoms with Crippen molar-refractivity contribution < 1.29 is 14.3 Å². The van der Waals surface area contributed by atoms with E-state index < -0.39 is 5.92 Å². The van der Waals surface area contributed by atoms with Gasteiger partial charge in [0.05, 0.1) is 19.4 Å². The van der Waals surface area contributed by atoms with Crippen molar-refractivity contribution >= 4 is 11.9 Å². The minimum atomic E-state index is -0.396. The van der Waals surface area contributed by atoms with Crippen LogP contribution in [-0.2, 0) is 14.3 Å². The number of likely N-dealkylation sites (N-methyl/N-ethyl adjacent to an activating group) is 1. The highest BCUT2D eigenvalue weighted by Gasteiger charge is 2.27. The average Bonchev–Trinajstić information content (AvgIpc) is 2.69. The molecule has 0 atom stereocenters. The Morgan fingerprint density at radius 1 is 0.852 bits per heavy atom. The molecule has 0 radical (unpaired) electrons. The summed E-state index contributed by atoms with van der Waals surface area (Å²) in [5.74, 6) is -0.709. The zero-order valence-corrected chi connectivity index (χ0v) is 16.3. The van der Waals surface area contributed by atoms with E-state index in [2.05, 4.69) is 0 Å². The summed E-state index contributed by atoms with van der Waals surface area (Å²) in [4.78, 5) is 28.9. The van der Waals surface area contributed by atoms with Gasteiger partial charge in [-0.1, -0.05) is 60.7 Å². The lowest BCUT2D eigenvalue weighted by Gasteiger charge is -2.29. The topological polar surface area (TPSA) is 49.9 Å². The Hall–Kier alpha value is -2.66. The lowest BCUT2D eigenvalue weighted by Crippen LogP contribution is -2.41. The first kappa shape index (κ1) is 20.6. The van der Waals surface area contributed by atoms with E-state index in [0.29, 0.717) is 13.1 Å². The van der Waals surface area contributed by atoms with E-state index in [4.69, 9.17) is 4.74 Å². The second-order valence-corrected chi connectivity index (χ2v) is 6.71. The first-order valence-electron chi connectivity index (χ1n) is 9.13. The minimum absolute atomic E-state index is 0.00171. The van der Waals surface area contributed by atoms with E-state index in [1.54, 1.807) is 4.90 Å². The van der Waals surface area contributed by atoms with Gasteiger partial charge in [0, 0.05) is 19.6 Å². The number of ether oxygens (including phenoxy) is 1. The van der Waals surface area contributed by atoms with Crippen molar-refractivity contribution in [1.82, 2.24) is 9.80 Å². The van der Waals surface area contributed by atoms with E-state index in [0.717, 1.165) is 17.7 Å². The van der Waals surface area contributed by atoms with Gasteiger partial charge in [0.1, 0.15) is 0 Å². The van der Waals surface area contributed by atoms with Gasteiger partial charge in [0.25, 0.3) is 0 Å². The lowest BCUT2D eigenvalue weighted by atomic mass is 9.90. The number of nitrogens with zero attached hydrogens (tertiary/aromatic N) is 2. The number of esters is 1. The summed E-state index contributed by atoms with van der Waals surface area (Å²) in [6.07, 6.45) is 0.186. The van der Waals surface area contributed by atoms with Crippen LogP contribution in [0.5, 0.6) is 0 Å². The molecular formula is C22H28N2O3. The Labute approximate surface area is 161 Å². The van der Waals surface area contributed by atoms with Crippen molar-refractivity contribution in [3.63, 3.8) is 0 Å². The molecule has 0 heterocycles. The van der Waals surface area contributed by atoms with Crippen LogP contribution in [0.1, 0.15) is 23.5 Å². The molecular weight excluding hydrogens is 340 g/mol. The molecule has 27 heavy (non-hydrogen) atoms. The van der Waals surface area contributed by atoms with Crippen LogP contribution in [0.25, 0.3) is 0 Å². The van der Waals surface area contributed by atoms with E-state index in [1.807, 2.05) is 79.7 Å². The molecule has 5 nitrogen and oxygen atoms in total. The molecule has 2 aromatic rings. The standard InChI is InChI=1S/C22H28N2O3/c1-23(2)16-17-24(15-14-20(25)27-3)22(26)21(18-10-6-4-7-11-18)19-12-8-5-9-13-19/h4-13,21H,14-17H2,1-3H3. The van der Waals surface area contributed by atoms with Crippen LogP contribution in [-0.4, -0.2) is 62.5 Å². The van der Waals surface area contributed by atoms with Crippen molar-refractivity contribution in [2.24, 2.45) is 0 Å². The lowest BCUT2D eigenvalue weighted by molar-refractivity contribution is -0.141. The maximum absolute atomic E-state index is 13.5. The number of hydrogen-bond donors (Lipinski definition) is 0. The van der Waals surface area contributed by atoms with Crippen LogP contribution < -0.4 is 0 Å².